The van der Waals surface area contributed by atoms with Crippen molar-refractivity contribution in [3.8, 4) is 17.2 Å². The predicted molar refractivity (Wildman–Crippen MR) is 106 cm³/mol. The number of aryl methyl sites for hydroxylation is 2. The smallest absolute Gasteiger partial charge is 0.203 e. The van der Waals surface area contributed by atoms with Crippen LogP contribution in [0, 0.1) is 13.8 Å². The van der Waals surface area contributed by atoms with E-state index in [1.54, 1.807) is 28.4 Å². The van der Waals surface area contributed by atoms with Gasteiger partial charge in [-0.3, -0.25) is 0 Å². The monoisotopic (exact) mass is 368 g/mol. The van der Waals surface area contributed by atoms with Crippen LogP contribution in [0.15, 0.2) is 40.7 Å². The molecule has 0 bridgehead atoms. The SMILES string of the molecule is COC1=CC(c2cc(OC)c(OC)c(OC)c2)=NC1=Cc1[nH]c(C)cc1C. The number of hydrogen-bond acceptors (Lipinski definition) is 5. The van der Waals surface area contributed by atoms with Gasteiger partial charge in [0.1, 0.15) is 11.5 Å². The van der Waals surface area contributed by atoms with E-state index in [4.69, 9.17) is 23.9 Å². The molecule has 1 aliphatic rings. The Kier molecular flexibility index (Phi) is 5.26. The lowest BCUT2D eigenvalue weighted by molar-refractivity contribution is 0.303. The van der Waals surface area contributed by atoms with Gasteiger partial charge in [-0.2, -0.15) is 0 Å². The van der Waals surface area contributed by atoms with Crippen LogP contribution in [0.3, 0.4) is 0 Å². The highest BCUT2D eigenvalue weighted by atomic mass is 16.5. The fourth-order valence-electron chi connectivity index (χ4n) is 3.10. The van der Waals surface area contributed by atoms with Gasteiger partial charge in [0.2, 0.25) is 5.75 Å². The van der Waals surface area contributed by atoms with Crippen LogP contribution in [0.4, 0.5) is 0 Å². The zero-order valence-corrected chi connectivity index (χ0v) is 16.5. The van der Waals surface area contributed by atoms with Gasteiger partial charge in [-0.15, -0.1) is 0 Å². The van der Waals surface area contributed by atoms with E-state index >= 15 is 0 Å². The number of nitrogens with zero attached hydrogens (tertiary/aromatic N) is 1. The maximum absolute atomic E-state index is 5.53. The summed E-state index contributed by atoms with van der Waals surface area (Å²) in [5.41, 5.74) is 5.65. The molecule has 6 heteroatoms. The average molecular weight is 368 g/mol. The summed E-state index contributed by atoms with van der Waals surface area (Å²) in [7, 11) is 6.41. The lowest BCUT2D eigenvalue weighted by atomic mass is 10.1. The van der Waals surface area contributed by atoms with E-state index < -0.39 is 0 Å². The van der Waals surface area contributed by atoms with E-state index in [9.17, 15) is 0 Å². The van der Waals surface area contributed by atoms with Crippen molar-refractivity contribution >= 4 is 11.8 Å². The van der Waals surface area contributed by atoms with E-state index in [0.29, 0.717) is 23.0 Å². The number of aliphatic imine (C=N–C) groups is 1. The van der Waals surface area contributed by atoms with Crippen molar-refractivity contribution in [2.45, 2.75) is 13.8 Å². The summed E-state index contributed by atoms with van der Waals surface area (Å²) in [5, 5.41) is 0. The number of hydrogen-bond donors (Lipinski definition) is 1. The molecule has 6 nitrogen and oxygen atoms in total. The average Bonchev–Trinajstić information content (AvgIpc) is 3.22. The van der Waals surface area contributed by atoms with Gasteiger partial charge in [0, 0.05) is 23.0 Å². The second kappa shape index (κ2) is 7.61. The first-order chi connectivity index (χ1) is 13.0. The van der Waals surface area contributed by atoms with Crippen molar-refractivity contribution in [1.29, 1.82) is 0 Å². The molecular weight excluding hydrogens is 344 g/mol. The van der Waals surface area contributed by atoms with Gasteiger partial charge in [0.25, 0.3) is 0 Å². The number of methoxy groups -OCH3 is 4. The van der Waals surface area contributed by atoms with Crippen molar-refractivity contribution in [2.75, 3.05) is 28.4 Å². The molecule has 142 valence electrons. The highest BCUT2D eigenvalue weighted by Gasteiger charge is 2.21. The predicted octanol–water partition coefficient (Wildman–Crippen LogP) is 4.03. The third kappa shape index (κ3) is 3.56. The van der Waals surface area contributed by atoms with Gasteiger partial charge < -0.3 is 23.9 Å². The minimum absolute atomic E-state index is 0.548. The van der Waals surface area contributed by atoms with Crippen LogP contribution in [0.1, 0.15) is 22.5 Å². The fourth-order valence-corrected chi connectivity index (χ4v) is 3.10. The van der Waals surface area contributed by atoms with Gasteiger partial charge >= 0.3 is 0 Å². The Morgan fingerprint density at radius 2 is 1.56 bits per heavy atom. The normalized spacial score (nSPS) is 14.8. The first-order valence-corrected chi connectivity index (χ1v) is 8.53. The summed E-state index contributed by atoms with van der Waals surface area (Å²) in [6.45, 7) is 4.09. The van der Waals surface area contributed by atoms with Crippen LogP contribution in [0.2, 0.25) is 0 Å². The minimum atomic E-state index is 0.548. The summed E-state index contributed by atoms with van der Waals surface area (Å²) in [6, 6.07) is 5.84. The second-order valence-electron chi connectivity index (χ2n) is 6.20. The molecule has 0 amide bonds. The largest absolute Gasteiger partial charge is 0.494 e. The van der Waals surface area contributed by atoms with Gasteiger partial charge in [-0.25, -0.2) is 4.99 Å². The number of benzene rings is 1. The summed E-state index contributed by atoms with van der Waals surface area (Å²) < 4.78 is 21.8. The van der Waals surface area contributed by atoms with Gasteiger partial charge in [-0.1, -0.05) is 0 Å². The number of aromatic amines is 1. The van der Waals surface area contributed by atoms with Crippen molar-refractivity contribution < 1.29 is 18.9 Å². The Labute approximate surface area is 159 Å². The molecule has 0 radical (unpaired) electrons. The first kappa shape index (κ1) is 18.6. The molecular formula is C21H24N2O4. The number of rotatable bonds is 6. The number of H-pyrrole nitrogens is 1. The summed E-state index contributed by atoms with van der Waals surface area (Å²) >= 11 is 0. The maximum atomic E-state index is 5.53. The maximum Gasteiger partial charge on any atom is 0.203 e. The van der Waals surface area contributed by atoms with E-state index in [1.165, 1.54) is 0 Å². The third-order valence-electron chi connectivity index (χ3n) is 4.41. The zero-order chi connectivity index (χ0) is 19.6. The molecule has 3 rings (SSSR count). The lowest BCUT2D eigenvalue weighted by Crippen LogP contribution is -2.00. The molecule has 1 aromatic heterocycles. The van der Waals surface area contributed by atoms with E-state index in [-0.39, 0.29) is 0 Å². The number of allylic oxidation sites excluding steroid dienone is 1. The van der Waals surface area contributed by atoms with Crippen LogP contribution in [-0.2, 0) is 4.74 Å². The highest BCUT2D eigenvalue weighted by molar-refractivity contribution is 6.12. The quantitative estimate of drug-likeness (QED) is 0.836. The lowest BCUT2D eigenvalue weighted by Gasteiger charge is -2.13. The molecule has 1 aromatic carbocycles. The molecule has 0 atom stereocenters. The van der Waals surface area contributed by atoms with Crippen LogP contribution in [-0.4, -0.2) is 39.1 Å². The van der Waals surface area contributed by atoms with Crippen LogP contribution < -0.4 is 14.2 Å². The highest BCUT2D eigenvalue weighted by Crippen LogP contribution is 2.39. The fraction of sp³-hybridized carbons (Fsp3) is 0.286. The standard InChI is InChI=1S/C21H24N2O4/c1-12-7-13(2)22-15(12)10-17-18(24-3)11-16(23-17)14-8-19(25-4)21(27-6)20(9-14)26-5/h7-11,22H,1-6H3. The van der Waals surface area contributed by atoms with E-state index in [2.05, 4.69) is 18.0 Å². The number of aromatic nitrogens is 1. The first-order valence-electron chi connectivity index (χ1n) is 8.53. The van der Waals surface area contributed by atoms with Gasteiger partial charge in [0.05, 0.1) is 34.2 Å². The van der Waals surface area contributed by atoms with Crippen molar-refractivity contribution in [2.24, 2.45) is 4.99 Å². The Morgan fingerprint density at radius 3 is 2.04 bits per heavy atom. The van der Waals surface area contributed by atoms with Crippen molar-refractivity contribution in [3.05, 3.63) is 58.2 Å². The molecule has 27 heavy (non-hydrogen) atoms. The number of ether oxygens (including phenoxy) is 4. The molecule has 0 saturated carbocycles. The van der Waals surface area contributed by atoms with Crippen LogP contribution >= 0.6 is 0 Å². The topological polar surface area (TPSA) is 65.1 Å². The Morgan fingerprint density at radius 1 is 0.889 bits per heavy atom. The van der Waals surface area contributed by atoms with Crippen molar-refractivity contribution in [3.63, 3.8) is 0 Å². The van der Waals surface area contributed by atoms with Crippen LogP contribution in [0.25, 0.3) is 6.08 Å². The summed E-state index contributed by atoms with van der Waals surface area (Å²) in [4.78, 5) is 8.09. The van der Waals surface area contributed by atoms with Crippen molar-refractivity contribution in [1.82, 2.24) is 4.98 Å². The molecule has 1 aliphatic heterocycles. The number of nitrogens with one attached hydrogen (secondary N) is 1. The molecule has 0 aliphatic carbocycles. The molecule has 0 fully saturated rings. The van der Waals surface area contributed by atoms with E-state index in [0.717, 1.165) is 33.9 Å². The Balaban J connectivity index is 2.07. The molecule has 0 unspecified atom stereocenters. The van der Waals surface area contributed by atoms with Gasteiger partial charge in [-0.05, 0) is 43.7 Å². The molecule has 2 aromatic rings. The minimum Gasteiger partial charge on any atom is -0.494 e. The summed E-state index contributed by atoms with van der Waals surface area (Å²) in [6.07, 6.45) is 3.89. The van der Waals surface area contributed by atoms with E-state index in [1.807, 2.05) is 31.2 Å². The molecule has 0 saturated heterocycles. The summed E-state index contributed by atoms with van der Waals surface area (Å²) in [5.74, 6) is 2.40. The molecule has 0 spiro atoms. The Hall–Kier alpha value is -3.15. The second-order valence-corrected chi connectivity index (χ2v) is 6.20. The van der Waals surface area contributed by atoms with Crippen LogP contribution in [0.5, 0.6) is 17.2 Å². The molecule has 2 heterocycles. The van der Waals surface area contributed by atoms with Gasteiger partial charge in [0.15, 0.2) is 11.5 Å². The molecule has 1 N–H and O–H groups in total. The zero-order valence-electron chi connectivity index (χ0n) is 16.5. The third-order valence-corrected chi connectivity index (χ3v) is 4.41. The Bertz CT molecular complexity index is 926.